The van der Waals surface area contributed by atoms with E-state index in [-0.39, 0.29) is 29.4 Å². The first-order valence-electron chi connectivity index (χ1n) is 10.8. The van der Waals surface area contributed by atoms with Crippen molar-refractivity contribution in [1.82, 2.24) is 14.6 Å². The van der Waals surface area contributed by atoms with Crippen molar-refractivity contribution in [1.29, 1.82) is 0 Å². The Morgan fingerprint density at radius 2 is 2.03 bits per heavy atom. The Bertz CT molecular complexity index is 1290. The van der Waals surface area contributed by atoms with E-state index in [4.69, 9.17) is 35.9 Å². The molecule has 1 unspecified atom stereocenters. The van der Waals surface area contributed by atoms with E-state index in [1.54, 1.807) is 22.7 Å². The zero-order chi connectivity index (χ0) is 24.3. The summed E-state index contributed by atoms with van der Waals surface area (Å²) in [5.74, 6) is -0.503. The molecule has 3 N–H and O–H groups in total. The molecule has 2 fully saturated rings. The molecule has 3 aromatic rings. The first-order valence-corrected chi connectivity index (χ1v) is 12.7. The van der Waals surface area contributed by atoms with E-state index >= 15 is 0 Å². The van der Waals surface area contributed by atoms with Crippen molar-refractivity contribution in [3.63, 3.8) is 0 Å². The van der Waals surface area contributed by atoms with Crippen molar-refractivity contribution in [2.45, 2.75) is 51.1 Å². The fourth-order valence-corrected chi connectivity index (χ4v) is 6.07. The maximum Gasteiger partial charge on any atom is 0.527 e. The second-order valence-electron chi connectivity index (χ2n) is 9.45. The number of para-hydroxylation sites is 1. The zero-order valence-electron chi connectivity index (χ0n) is 18.9. The number of hydrogen-bond acceptors (Lipinski definition) is 8. The highest BCUT2D eigenvalue weighted by Crippen LogP contribution is 2.57. The predicted molar refractivity (Wildman–Crippen MR) is 125 cm³/mol. The molecule has 12 heteroatoms. The van der Waals surface area contributed by atoms with E-state index in [9.17, 15) is 9.46 Å². The van der Waals surface area contributed by atoms with Gasteiger partial charge in [-0.1, -0.05) is 30.7 Å². The molecule has 1 aromatic carbocycles. The number of phosphoric acid groups is 1. The first-order chi connectivity index (χ1) is 16.0. The molecule has 34 heavy (non-hydrogen) atoms. The Labute approximate surface area is 201 Å². The molecule has 10 nitrogen and oxygen atoms in total. The summed E-state index contributed by atoms with van der Waals surface area (Å²) in [5, 5.41) is 4.58. The molecular weight excluding hydrogens is 483 g/mol. The SMILES string of the molecule is CC1(C)O[C@H]2[C@H](c3ccc4c(N)ncnn34)C[C@](C)(COP(=O)(O)Oc3ccccc3Cl)[C@H]2O1. The standard InChI is InChI=1S/C22H26ClN4O6P/c1-21(2)31-18-13(15-8-9-16-20(24)25-12-26-27(15)16)10-22(3,19(18)32-21)11-30-34(28,29)33-17-7-5-4-6-14(17)23/h4-9,12-13,18-19H,10-11H2,1-3H3,(H,28,29)(H2,24,25,26)/t13-,18-,19-,22+/m0/s1. The summed E-state index contributed by atoms with van der Waals surface area (Å²) < 4.78 is 37.7. The van der Waals surface area contributed by atoms with Gasteiger partial charge in [-0.2, -0.15) is 5.10 Å². The van der Waals surface area contributed by atoms with Crippen LogP contribution in [0, 0.1) is 5.41 Å². The minimum Gasteiger partial charge on any atom is -0.403 e. The van der Waals surface area contributed by atoms with Gasteiger partial charge in [0, 0.05) is 17.0 Å². The minimum absolute atomic E-state index is 0.0702. The third-order valence-corrected chi connectivity index (χ3v) is 7.59. The lowest BCUT2D eigenvalue weighted by molar-refractivity contribution is -0.168. The molecular formula is C22H26ClN4O6P. The van der Waals surface area contributed by atoms with Gasteiger partial charge in [0.15, 0.2) is 11.6 Å². The topological polar surface area (TPSA) is 130 Å². The Balaban J connectivity index is 1.41. The Kier molecular flexibility index (Phi) is 5.67. The van der Waals surface area contributed by atoms with Crippen LogP contribution in [0.1, 0.15) is 38.8 Å². The molecule has 3 heterocycles. The Morgan fingerprint density at radius 1 is 1.26 bits per heavy atom. The second-order valence-corrected chi connectivity index (χ2v) is 11.2. The summed E-state index contributed by atoms with van der Waals surface area (Å²) in [4.78, 5) is 14.4. The lowest BCUT2D eigenvalue weighted by atomic mass is 9.86. The van der Waals surface area contributed by atoms with E-state index in [1.165, 1.54) is 12.4 Å². The van der Waals surface area contributed by atoms with Crippen LogP contribution in [-0.2, 0) is 18.6 Å². The number of ether oxygens (including phenoxy) is 2. The second kappa shape index (κ2) is 8.19. The van der Waals surface area contributed by atoms with Gasteiger partial charge in [-0.25, -0.2) is 14.1 Å². The van der Waals surface area contributed by atoms with Gasteiger partial charge in [0.05, 0.1) is 23.8 Å². The van der Waals surface area contributed by atoms with Gasteiger partial charge < -0.3 is 19.7 Å². The molecule has 0 bridgehead atoms. The highest BCUT2D eigenvalue weighted by Gasteiger charge is 2.60. The quantitative estimate of drug-likeness (QED) is 0.471. The van der Waals surface area contributed by atoms with E-state index in [1.807, 2.05) is 32.9 Å². The van der Waals surface area contributed by atoms with Crippen LogP contribution in [0.4, 0.5) is 5.82 Å². The summed E-state index contributed by atoms with van der Waals surface area (Å²) in [6.45, 7) is 5.54. The van der Waals surface area contributed by atoms with Crippen LogP contribution in [0.15, 0.2) is 42.7 Å². The van der Waals surface area contributed by atoms with Crippen molar-refractivity contribution in [3.05, 3.63) is 53.4 Å². The maximum absolute atomic E-state index is 12.7. The third kappa shape index (κ3) is 4.19. The van der Waals surface area contributed by atoms with Gasteiger partial charge in [0.2, 0.25) is 0 Å². The summed E-state index contributed by atoms with van der Waals surface area (Å²) >= 11 is 6.05. The number of nitrogen functional groups attached to an aromatic ring is 1. The molecule has 5 atom stereocenters. The highest BCUT2D eigenvalue weighted by atomic mass is 35.5. The van der Waals surface area contributed by atoms with E-state index in [0.29, 0.717) is 17.8 Å². The monoisotopic (exact) mass is 508 g/mol. The Morgan fingerprint density at radius 3 is 2.79 bits per heavy atom. The lowest BCUT2D eigenvalue weighted by Crippen LogP contribution is -2.37. The largest absolute Gasteiger partial charge is 0.527 e. The van der Waals surface area contributed by atoms with Crippen molar-refractivity contribution in [2.24, 2.45) is 5.41 Å². The van der Waals surface area contributed by atoms with Gasteiger partial charge in [-0.3, -0.25) is 9.42 Å². The number of hydrogen-bond donors (Lipinski definition) is 2. The number of nitrogens with zero attached hydrogens (tertiary/aromatic N) is 3. The number of nitrogens with two attached hydrogens (primary N) is 1. The Hall–Kier alpha value is -2.20. The number of benzene rings is 1. The van der Waals surface area contributed by atoms with Gasteiger partial charge in [-0.05, 0) is 44.5 Å². The summed E-state index contributed by atoms with van der Waals surface area (Å²) in [6, 6.07) is 10.2. The summed E-state index contributed by atoms with van der Waals surface area (Å²) in [6.07, 6.45) is 1.25. The minimum atomic E-state index is -4.45. The lowest BCUT2D eigenvalue weighted by Gasteiger charge is -2.31. The number of phosphoric ester groups is 1. The van der Waals surface area contributed by atoms with Crippen LogP contribution in [0.25, 0.3) is 5.52 Å². The van der Waals surface area contributed by atoms with E-state index in [2.05, 4.69) is 10.1 Å². The van der Waals surface area contributed by atoms with Gasteiger partial charge >= 0.3 is 7.82 Å². The number of rotatable bonds is 6. The van der Waals surface area contributed by atoms with E-state index < -0.39 is 25.1 Å². The van der Waals surface area contributed by atoms with Crippen LogP contribution in [0.3, 0.4) is 0 Å². The van der Waals surface area contributed by atoms with Crippen LogP contribution < -0.4 is 10.3 Å². The van der Waals surface area contributed by atoms with Crippen LogP contribution >= 0.6 is 19.4 Å². The molecule has 1 saturated heterocycles. The van der Waals surface area contributed by atoms with Crippen molar-refractivity contribution in [3.8, 4) is 5.75 Å². The number of halogens is 1. The fourth-order valence-electron chi connectivity index (χ4n) is 4.92. The average Bonchev–Trinajstić information content (AvgIpc) is 3.40. The molecule has 1 aliphatic carbocycles. The average molecular weight is 509 g/mol. The number of fused-ring (bicyclic) bond motifs is 2. The van der Waals surface area contributed by atoms with Crippen LogP contribution in [0.2, 0.25) is 5.02 Å². The summed E-state index contributed by atoms with van der Waals surface area (Å²) in [5.41, 5.74) is 6.94. The van der Waals surface area contributed by atoms with Crippen LogP contribution in [0.5, 0.6) is 5.75 Å². The number of anilines is 1. The maximum atomic E-state index is 12.7. The van der Waals surface area contributed by atoms with Gasteiger partial charge in [0.25, 0.3) is 0 Å². The zero-order valence-corrected chi connectivity index (χ0v) is 20.6. The number of aromatic nitrogens is 3. The van der Waals surface area contributed by atoms with Crippen molar-refractivity contribution >= 4 is 30.8 Å². The molecule has 2 aliphatic rings. The molecule has 5 rings (SSSR count). The van der Waals surface area contributed by atoms with Gasteiger partial charge in [-0.15, -0.1) is 0 Å². The molecule has 1 saturated carbocycles. The predicted octanol–water partition coefficient (Wildman–Crippen LogP) is 4.17. The van der Waals surface area contributed by atoms with E-state index in [0.717, 1.165) is 5.69 Å². The highest BCUT2D eigenvalue weighted by molar-refractivity contribution is 7.47. The van der Waals surface area contributed by atoms with Crippen LogP contribution in [-0.4, -0.2) is 44.1 Å². The molecule has 0 radical (unpaired) electrons. The van der Waals surface area contributed by atoms with Gasteiger partial charge in [0.1, 0.15) is 17.6 Å². The molecule has 1 aliphatic heterocycles. The summed E-state index contributed by atoms with van der Waals surface area (Å²) in [7, 11) is -4.45. The third-order valence-electron chi connectivity index (χ3n) is 6.40. The molecule has 182 valence electrons. The normalized spacial score (nSPS) is 29.7. The molecule has 0 spiro atoms. The van der Waals surface area contributed by atoms with Crippen molar-refractivity contribution < 1.29 is 28.0 Å². The van der Waals surface area contributed by atoms with Crippen molar-refractivity contribution in [2.75, 3.05) is 12.3 Å². The first kappa shape index (κ1) is 23.5. The molecule has 0 amide bonds. The fraction of sp³-hybridized carbons (Fsp3) is 0.455. The molecule has 2 aromatic heterocycles. The smallest absolute Gasteiger partial charge is 0.403 e.